The minimum absolute atomic E-state index is 0.470. The maximum absolute atomic E-state index is 5.64. The Kier molecular flexibility index (Phi) is 2.05. The topological polar surface area (TPSA) is 59.1 Å². The van der Waals surface area contributed by atoms with Gasteiger partial charge in [0, 0.05) is 6.54 Å². The Bertz CT molecular complexity index is 680. The molecule has 2 aromatic heterocycles. The van der Waals surface area contributed by atoms with E-state index in [1.807, 2.05) is 4.40 Å². The van der Waals surface area contributed by atoms with E-state index in [2.05, 4.69) is 51.0 Å². The summed E-state index contributed by atoms with van der Waals surface area (Å²) in [5.41, 5.74) is 9.90. The standard InChI is InChI=1S/C11H11BrN4/c1-6-2-3-9-7(4-6)14-11-15-8(5-13)10(12)16(9)11/h2-4H,5,13H2,1H3,(H,14,15). The molecule has 0 saturated carbocycles. The van der Waals surface area contributed by atoms with Crippen LogP contribution >= 0.6 is 15.9 Å². The van der Waals surface area contributed by atoms with Gasteiger partial charge in [-0.1, -0.05) is 6.07 Å². The van der Waals surface area contributed by atoms with Gasteiger partial charge >= 0.3 is 0 Å². The number of aryl methyl sites for hydroxylation is 1. The molecular weight excluding hydrogens is 268 g/mol. The first-order chi connectivity index (χ1) is 7.70. The molecule has 16 heavy (non-hydrogen) atoms. The third-order valence-electron chi connectivity index (χ3n) is 2.72. The third kappa shape index (κ3) is 1.22. The Hall–Kier alpha value is -1.33. The number of H-pyrrole nitrogens is 1. The summed E-state index contributed by atoms with van der Waals surface area (Å²) in [6, 6.07) is 6.23. The van der Waals surface area contributed by atoms with E-state index in [9.17, 15) is 0 Å². The van der Waals surface area contributed by atoms with E-state index >= 15 is 0 Å². The zero-order valence-corrected chi connectivity index (χ0v) is 10.4. The first kappa shape index (κ1) is 9.86. The van der Waals surface area contributed by atoms with Gasteiger partial charge in [0.1, 0.15) is 4.60 Å². The van der Waals surface area contributed by atoms with Crippen molar-refractivity contribution in [2.24, 2.45) is 5.73 Å². The molecule has 0 spiro atoms. The van der Waals surface area contributed by atoms with Crippen molar-refractivity contribution in [3.8, 4) is 0 Å². The van der Waals surface area contributed by atoms with Crippen molar-refractivity contribution in [3.05, 3.63) is 34.1 Å². The number of hydrogen-bond acceptors (Lipinski definition) is 2. The Morgan fingerprint density at radius 1 is 1.50 bits per heavy atom. The molecule has 0 radical (unpaired) electrons. The summed E-state index contributed by atoms with van der Waals surface area (Å²) in [4.78, 5) is 7.73. The van der Waals surface area contributed by atoms with Crippen molar-refractivity contribution in [2.75, 3.05) is 0 Å². The highest BCUT2D eigenvalue weighted by Gasteiger charge is 2.12. The Morgan fingerprint density at radius 3 is 3.06 bits per heavy atom. The molecule has 0 fully saturated rings. The van der Waals surface area contributed by atoms with Gasteiger partial charge in [-0.2, -0.15) is 0 Å². The average Bonchev–Trinajstić information content (AvgIpc) is 2.75. The predicted molar refractivity (Wildman–Crippen MR) is 67.4 cm³/mol. The second-order valence-electron chi connectivity index (χ2n) is 3.86. The molecule has 0 amide bonds. The Labute approximate surface area is 101 Å². The van der Waals surface area contributed by atoms with Crippen LogP contribution in [0, 0.1) is 6.92 Å². The maximum Gasteiger partial charge on any atom is 0.213 e. The number of aromatic amines is 1. The molecule has 3 rings (SSSR count). The molecule has 1 aromatic carbocycles. The second kappa shape index (κ2) is 3.33. The predicted octanol–water partition coefficient (Wildman–Crippen LogP) is 2.35. The Balaban J connectivity index is 2.46. The summed E-state index contributed by atoms with van der Waals surface area (Å²) < 4.78 is 2.99. The number of halogens is 1. The zero-order valence-electron chi connectivity index (χ0n) is 8.79. The lowest BCUT2D eigenvalue weighted by Crippen LogP contribution is -1.97. The number of nitrogens with two attached hydrogens (primary N) is 1. The number of nitrogens with zero attached hydrogens (tertiary/aromatic N) is 2. The van der Waals surface area contributed by atoms with Gasteiger partial charge in [0.25, 0.3) is 0 Å². The van der Waals surface area contributed by atoms with Gasteiger partial charge in [-0.3, -0.25) is 4.40 Å². The van der Waals surface area contributed by atoms with E-state index in [4.69, 9.17) is 5.73 Å². The normalized spacial score (nSPS) is 11.7. The van der Waals surface area contributed by atoms with Gasteiger partial charge in [-0.15, -0.1) is 0 Å². The summed E-state index contributed by atoms with van der Waals surface area (Å²) in [6.45, 7) is 2.53. The van der Waals surface area contributed by atoms with Crippen LogP contribution in [0.4, 0.5) is 0 Å². The van der Waals surface area contributed by atoms with Crippen LogP contribution in [-0.2, 0) is 6.54 Å². The average molecular weight is 279 g/mol. The molecular formula is C11H11BrN4. The first-order valence-corrected chi connectivity index (χ1v) is 5.85. The van der Waals surface area contributed by atoms with Crippen molar-refractivity contribution in [3.63, 3.8) is 0 Å². The third-order valence-corrected chi connectivity index (χ3v) is 3.56. The molecule has 3 aromatic rings. The van der Waals surface area contributed by atoms with Crippen LogP contribution in [-0.4, -0.2) is 14.4 Å². The second-order valence-corrected chi connectivity index (χ2v) is 4.61. The molecule has 0 aliphatic heterocycles. The highest BCUT2D eigenvalue weighted by atomic mass is 79.9. The summed E-state index contributed by atoms with van der Waals surface area (Å²) in [6.07, 6.45) is 0. The largest absolute Gasteiger partial charge is 0.325 e. The number of fused-ring (bicyclic) bond motifs is 3. The minimum atomic E-state index is 0.470. The monoisotopic (exact) mass is 278 g/mol. The van der Waals surface area contributed by atoms with Gasteiger partial charge in [0.05, 0.1) is 16.7 Å². The molecule has 0 atom stereocenters. The molecule has 5 heteroatoms. The smallest absolute Gasteiger partial charge is 0.213 e. The number of nitrogens with one attached hydrogen (secondary N) is 1. The van der Waals surface area contributed by atoms with Crippen LogP contribution in [0.2, 0.25) is 0 Å². The van der Waals surface area contributed by atoms with Crippen LogP contribution in [0.3, 0.4) is 0 Å². The van der Waals surface area contributed by atoms with E-state index in [1.165, 1.54) is 5.56 Å². The summed E-state index contributed by atoms with van der Waals surface area (Å²) in [5, 5.41) is 0. The number of aromatic nitrogens is 3. The van der Waals surface area contributed by atoms with Crippen molar-refractivity contribution >= 4 is 32.7 Å². The first-order valence-electron chi connectivity index (χ1n) is 5.06. The fraction of sp³-hybridized carbons (Fsp3) is 0.182. The Morgan fingerprint density at radius 2 is 2.31 bits per heavy atom. The van der Waals surface area contributed by atoms with E-state index in [1.54, 1.807) is 0 Å². The molecule has 3 N–H and O–H groups in total. The van der Waals surface area contributed by atoms with Crippen molar-refractivity contribution < 1.29 is 0 Å². The SMILES string of the molecule is Cc1ccc2c(c1)nc1[nH]c(CN)c(Br)n12. The lowest BCUT2D eigenvalue weighted by Gasteiger charge is -1.96. The quantitative estimate of drug-likeness (QED) is 0.718. The summed E-state index contributed by atoms with van der Waals surface area (Å²) in [5.74, 6) is 0.827. The lowest BCUT2D eigenvalue weighted by molar-refractivity contribution is 1.00. The number of hydrogen-bond donors (Lipinski definition) is 2. The maximum atomic E-state index is 5.64. The molecule has 82 valence electrons. The van der Waals surface area contributed by atoms with Crippen LogP contribution in [0.1, 0.15) is 11.3 Å². The lowest BCUT2D eigenvalue weighted by atomic mass is 10.2. The highest BCUT2D eigenvalue weighted by Crippen LogP contribution is 2.25. The minimum Gasteiger partial charge on any atom is -0.325 e. The fourth-order valence-electron chi connectivity index (χ4n) is 1.93. The van der Waals surface area contributed by atoms with Crippen molar-refractivity contribution in [1.82, 2.24) is 14.4 Å². The van der Waals surface area contributed by atoms with Crippen LogP contribution in [0.5, 0.6) is 0 Å². The van der Waals surface area contributed by atoms with Crippen LogP contribution in [0.25, 0.3) is 16.8 Å². The van der Waals surface area contributed by atoms with E-state index in [0.29, 0.717) is 6.54 Å². The van der Waals surface area contributed by atoms with Gasteiger partial charge in [0.15, 0.2) is 0 Å². The van der Waals surface area contributed by atoms with E-state index in [-0.39, 0.29) is 0 Å². The number of imidazole rings is 2. The van der Waals surface area contributed by atoms with Crippen LogP contribution < -0.4 is 5.73 Å². The molecule has 0 aliphatic rings. The van der Waals surface area contributed by atoms with Gasteiger partial charge in [-0.05, 0) is 40.5 Å². The van der Waals surface area contributed by atoms with Crippen molar-refractivity contribution in [2.45, 2.75) is 13.5 Å². The van der Waals surface area contributed by atoms with Gasteiger partial charge < -0.3 is 10.7 Å². The van der Waals surface area contributed by atoms with Crippen LogP contribution in [0.15, 0.2) is 22.8 Å². The summed E-state index contributed by atoms with van der Waals surface area (Å²) >= 11 is 3.54. The molecule has 0 unspecified atom stereocenters. The highest BCUT2D eigenvalue weighted by molar-refractivity contribution is 9.10. The van der Waals surface area contributed by atoms with Crippen molar-refractivity contribution in [1.29, 1.82) is 0 Å². The molecule has 2 heterocycles. The number of benzene rings is 1. The molecule has 0 saturated heterocycles. The van der Waals surface area contributed by atoms with Gasteiger partial charge in [0.2, 0.25) is 5.78 Å². The van der Waals surface area contributed by atoms with Gasteiger partial charge in [-0.25, -0.2) is 4.98 Å². The molecule has 4 nitrogen and oxygen atoms in total. The van der Waals surface area contributed by atoms with E-state index < -0.39 is 0 Å². The molecule has 0 aliphatic carbocycles. The number of rotatable bonds is 1. The zero-order chi connectivity index (χ0) is 11.3. The summed E-state index contributed by atoms with van der Waals surface area (Å²) in [7, 11) is 0. The van der Waals surface area contributed by atoms with E-state index in [0.717, 1.165) is 27.1 Å². The fourth-order valence-corrected chi connectivity index (χ4v) is 2.55. The molecule has 0 bridgehead atoms.